The number of allylic oxidation sites excluding steroid dienone is 1. The zero-order chi connectivity index (χ0) is 26.7. The number of carbonyl (C=O) groups excluding carboxylic acids is 1. The lowest BCUT2D eigenvalue weighted by Gasteiger charge is -2.35. The third kappa shape index (κ3) is 6.10. The summed E-state index contributed by atoms with van der Waals surface area (Å²) in [7, 11) is -4.09. The fourth-order valence-corrected chi connectivity index (χ4v) is 5.94. The number of nitrogens with two attached hydrogens (primary N) is 1. The van der Waals surface area contributed by atoms with E-state index in [0.29, 0.717) is 23.0 Å². The van der Waals surface area contributed by atoms with E-state index in [1.165, 1.54) is 32.0 Å². The molecule has 1 aromatic heterocycles. The number of rotatable bonds is 9. The lowest BCUT2D eigenvalue weighted by Crippen LogP contribution is -2.53. The van der Waals surface area contributed by atoms with Gasteiger partial charge in [0, 0.05) is 41.2 Å². The molecular formula is C26H32Cl2N4O3S. The molecule has 0 saturated heterocycles. The second kappa shape index (κ2) is 11.3. The Labute approximate surface area is 223 Å². The van der Waals surface area contributed by atoms with E-state index in [4.69, 9.17) is 28.9 Å². The number of carbonyl (C=O) groups is 1. The molecule has 3 N–H and O–H groups in total. The van der Waals surface area contributed by atoms with E-state index in [2.05, 4.69) is 15.3 Å². The first-order valence-corrected chi connectivity index (χ1v) is 14.0. The van der Waals surface area contributed by atoms with Crippen molar-refractivity contribution < 1.29 is 13.2 Å². The summed E-state index contributed by atoms with van der Waals surface area (Å²) in [5, 5.41) is 3.26. The van der Waals surface area contributed by atoms with Crippen LogP contribution >= 0.6 is 23.2 Å². The third-order valence-electron chi connectivity index (χ3n) is 6.62. The van der Waals surface area contributed by atoms with Crippen LogP contribution in [-0.4, -0.2) is 36.3 Å². The third-order valence-corrected chi connectivity index (χ3v) is 9.74. The second-order valence-electron chi connectivity index (χ2n) is 9.73. The van der Waals surface area contributed by atoms with Gasteiger partial charge in [-0.05, 0) is 76.8 Å². The SMILES string of the molecule is CC(C)=C(N)c1ccc(N=CCC(NC(=O)C(C)(C)S(=O)(=O)c2ccc(Cl)cc2Cl)C2CCC2)nc1. The lowest BCUT2D eigenvalue weighted by atomic mass is 9.78. The van der Waals surface area contributed by atoms with E-state index in [9.17, 15) is 13.2 Å². The van der Waals surface area contributed by atoms with E-state index < -0.39 is 20.5 Å². The van der Waals surface area contributed by atoms with Crippen molar-refractivity contribution in [2.45, 2.75) is 69.1 Å². The molecule has 1 unspecified atom stereocenters. The number of benzene rings is 1. The molecule has 194 valence electrons. The van der Waals surface area contributed by atoms with Crippen molar-refractivity contribution in [3.63, 3.8) is 0 Å². The molecule has 1 aliphatic carbocycles. The number of amides is 1. The number of hydrogen-bond acceptors (Lipinski definition) is 6. The van der Waals surface area contributed by atoms with E-state index in [-0.39, 0.29) is 21.9 Å². The summed E-state index contributed by atoms with van der Waals surface area (Å²) in [4.78, 5) is 21.9. The van der Waals surface area contributed by atoms with E-state index in [1.807, 2.05) is 19.9 Å². The highest BCUT2D eigenvalue weighted by molar-refractivity contribution is 7.93. The highest BCUT2D eigenvalue weighted by Gasteiger charge is 2.45. The summed E-state index contributed by atoms with van der Waals surface area (Å²) < 4.78 is 24.9. The molecule has 3 rings (SSSR count). The molecule has 1 amide bonds. The maximum Gasteiger partial charge on any atom is 0.241 e. The minimum Gasteiger partial charge on any atom is -0.398 e. The molecular weight excluding hydrogens is 519 g/mol. The standard InChI is InChI=1S/C26H32Cl2N4O3S/c1-16(2)24(29)18-8-11-23(31-15-18)30-13-12-21(17-6-5-7-17)32-25(33)26(3,4)36(34,35)22-10-9-19(27)14-20(22)28/h8-11,13-15,17,21H,5-7,12,29H2,1-4H3,(H,32,33). The molecule has 1 atom stereocenters. The monoisotopic (exact) mass is 550 g/mol. The van der Waals surface area contributed by atoms with Crippen molar-refractivity contribution in [2.75, 3.05) is 0 Å². The van der Waals surface area contributed by atoms with Gasteiger partial charge in [0.2, 0.25) is 5.91 Å². The summed E-state index contributed by atoms with van der Waals surface area (Å²) in [6.07, 6.45) is 6.84. The lowest BCUT2D eigenvalue weighted by molar-refractivity contribution is -0.124. The quantitative estimate of drug-likeness (QED) is 0.387. The number of sulfone groups is 1. The molecule has 1 aliphatic rings. The van der Waals surface area contributed by atoms with Crippen LogP contribution < -0.4 is 11.1 Å². The highest BCUT2D eigenvalue weighted by Crippen LogP contribution is 2.34. The Morgan fingerprint density at radius 1 is 1.25 bits per heavy atom. The smallest absolute Gasteiger partial charge is 0.241 e. The van der Waals surface area contributed by atoms with Gasteiger partial charge >= 0.3 is 0 Å². The van der Waals surface area contributed by atoms with Gasteiger partial charge < -0.3 is 11.1 Å². The first-order valence-electron chi connectivity index (χ1n) is 11.8. The highest BCUT2D eigenvalue weighted by atomic mass is 35.5. The van der Waals surface area contributed by atoms with Crippen LogP contribution in [0.1, 0.15) is 58.9 Å². The molecule has 1 fully saturated rings. The van der Waals surface area contributed by atoms with Crippen molar-refractivity contribution in [1.29, 1.82) is 0 Å². The molecule has 10 heteroatoms. The fourth-order valence-electron chi connectivity index (χ4n) is 3.81. The minimum atomic E-state index is -4.09. The Bertz CT molecular complexity index is 1280. The fraction of sp³-hybridized carbons (Fsp3) is 0.423. The predicted octanol–water partition coefficient (Wildman–Crippen LogP) is 5.73. The normalized spacial score (nSPS) is 15.4. The van der Waals surface area contributed by atoms with Crippen LogP contribution in [-0.2, 0) is 14.6 Å². The van der Waals surface area contributed by atoms with Crippen molar-refractivity contribution in [2.24, 2.45) is 16.6 Å². The van der Waals surface area contributed by atoms with Gasteiger partial charge in [-0.15, -0.1) is 0 Å². The number of nitrogens with one attached hydrogen (secondary N) is 1. The van der Waals surface area contributed by atoms with Crippen LogP contribution in [0.15, 0.2) is 52.0 Å². The largest absolute Gasteiger partial charge is 0.398 e. The Morgan fingerprint density at radius 3 is 2.47 bits per heavy atom. The van der Waals surface area contributed by atoms with Crippen LogP contribution in [0.25, 0.3) is 5.70 Å². The maximum absolute atomic E-state index is 13.3. The van der Waals surface area contributed by atoms with Crippen molar-refractivity contribution in [3.05, 3.63) is 57.7 Å². The first kappa shape index (κ1) is 28.2. The van der Waals surface area contributed by atoms with Gasteiger partial charge in [-0.3, -0.25) is 4.79 Å². The Kier molecular flexibility index (Phi) is 8.85. The number of halogens is 2. The van der Waals surface area contributed by atoms with E-state index in [1.54, 1.807) is 18.5 Å². The number of aromatic nitrogens is 1. The Morgan fingerprint density at radius 2 is 1.94 bits per heavy atom. The molecule has 0 aliphatic heterocycles. The van der Waals surface area contributed by atoms with Crippen LogP contribution in [0.4, 0.5) is 5.82 Å². The van der Waals surface area contributed by atoms with Gasteiger partial charge in [0.15, 0.2) is 15.7 Å². The zero-order valence-corrected chi connectivity index (χ0v) is 23.2. The average Bonchev–Trinajstić information content (AvgIpc) is 2.77. The van der Waals surface area contributed by atoms with Crippen molar-refractivity contribution in [1.82, 2.24) is 10.3 Å². The van der Waals surface area contributed by atoms with Gasteiger partial charge in [-0.1, -0.05) is 35.2 Å². The molecule has 1 saturated carbocycles. The summed E-state index contributed by atoms with van der Waals surface area (Å²) >= 11 is 12.1. The van der Waals surface area contributed by atoms with Gasteiger partial charge in [-0.2, -0.15) is 0 Å². The van der Waals surface area contributed by atoms with Crippen molar-refractivity contribution >= 4 is 56.7 Å². The Hall–Kier alpha value is -2.42. The summed E-state index contributed by atoms with van der Waals surface area (Å²) in [5.41, 5.74) is 8.58. The number of nitrogens with zero attached hydrogens (tertiary/aromatic N) is 2. The van der Waals surface area contributed by atoms with Gasteiger partial charge in [-0.25, -0.2) is 18.4 Å². The van der Waals surface area contributed by atoms with Crippen LogP contribution in [0, 0.1) is 5.92 Å². The molecule has 0 spiro atoms. The predicted molar refractivity (Wildman–Crippen MR) is 146 cm³/mol. The van der Waals surface area contributed by atoms with Crippen LogP contribution in [0.5, 0.6) is 0 Å². The van der Waals surface area contributed by atoms with Crippen LogP contribution in [0.3, 0.4) is 0 Å². The number of hydrogen-bond donors (Lipinski definition) is 2. The zero-order valence-electron chi connectivity index (χ0n) is 20.9. The van der Waals surface area contributed by atoms with E-state index >= 15 is 0 Å². The summed E-state index contributed by atoms with van der Waals surface area (Å²) in [6.45, 7) is 6.65. The average molecular weight is 552 g/mol. The second-order valence-corrected chi connectivity index (χ2v) is 13.0. The number of aliphatic imine (C=N–C) groups is 1. The number of pyridine rings is 1. The molecule has 7 nitrogen and oxygen atoms in total. The maximum atomic E-state index is 13.3. The van der Waals surface area contributed by atoms with Crippen molar-refractivity contribution in [3.8, 4) is 0 Å². The first-order chi connectivity index (χ1) is 16.8. The van der Waals surface area contributed by atoms with E-state index in [0.717, 1.165) is 30.4 Å². The molecule has 2 aromatic rings. The van der Waals surface area contributed by atoms with Gasteiger partial charge in [0.05, 0.1) is 9.92 Å². The Balaban J connectivity index is 1.74. The molecule has 1 aromatic carbocycles. The van der Waals surface area contributed by atoms with Crippen LogP contribution in [0.2, 0.25) is 10.0 Å². The van der Waals surface area contributed by atoms with Gasteiger partial charge in [0.1, 0.15) is 4.75 Å². The topological polar surface area (TPSA) is 115 Å². The minimum absolute atomic E-state index is 0.0177. The molecule has 0 radical (unpaired) electrons. The summed E-state index contributed by atoms with van der Waals surface area (Å²) in [6, 6.07) is 7.52. The molecule has 36 heavy (non-hydrogen) atoms. The molecule has 1 heterocycles. The van der Waals surface area contributed by atoms with Gasteiger partial charge in [0.25, 0.3) is 0 Å². The molecule has 0 bridgehead atoms. The summed E-state index contributed by atoms with van der Waals surface area (Å²) in [5.74, 6) is 0.198.